The Balaban J connectivity index is 2.45. The van der Waals surface area contributed by atoms with Crippen LogP contribution in [0.1, 0.15) is 30.9 Å². The first-order valence-corrected chi connectivity index (χ1v) is 6.82. The van der Waals surface area contributed by atoms with Gasteiger partial charge in [0.25, 0.3) is 0 Å². The summed E-state index contributed by atoms with van der Waals surface area (Å²) in [5.74, 6) is 0.654. The van der Waals surface area contributed by atoms with E-state index < -0.39 is 5.41 Å². The van der Waals surface area contributed by atoms with Crippen molar-refractivity contribution in [2.45, 2.75) is 31.6 Å². The first-order valence-electron chi connectivity index (χ1n) is 6.82. The maximum atomic E-state index is 12.0. The van der Waals surface area contributed by atoms with Crippen LogP contribution in [0.15, 0.2) is 18.2 Å². The maximum absolute atomic E-state index is 12.0. The quantitative estimate of drug-likeness (QED) is 0.861. The lowest BCUT2D eigenvalue weighted by atomic mass is 9.72. The molecule has 1 aromatic rings. The topological polar surface area (TPSA) is 64.4 Å². The summed E-state index contributed by atoms with van der Waals surface area (Å²) in [5, 5.41) is 3.28. The summed E-state index contributed by atoms with van der Waals surface area (Å²) >= 11 is 0. The molecule has 1 aliphatic rings. The molecule has 0 aromatic heterocycles. The van der Waals surface area contributed by atoms with Crippen molar-refractivity contribution in [2.24, 2.45) is 5.73 Å². The van der Waals surface area contributed by atoms with Gasteiger partial charge in [-0.15, -0.1) is 0 Å². The molecule has 0 spiro atoms. The van der Waals surface area contributed by atoms with Gasteiger partial charge in [-0.05, 0) is 49.5 Å². The van der Waals surface area contributed by atoms with Gasteiger partial charge in [-0.25, -0.2) is 0 Å². The number of nitrogens with two attached hydrogens (primary N) is 1. The number of aryl methyl sites for hydroxylation is 1. The van der Waals surface area contributed by atoms with Crippen LogP contribution in [0, 0.1) is 0 Å². The highest BCUT2D eigenvalue weighted by Crippen LogP contribution is 2.35. The van der Waals surface area contributed by atoms with Crippen LogP contribution in [0.25, 0.3) is 0 Å². The molecular weight excluding hydrogens is 240 g/mol. The average molecular weight is 262 g/mol. The Hall–Kier alpha value is -1.55. The number of carbonyl (C=O) groups excluding carboxylic acids is 1. The molecule has 1 aromatic carbocycles. The van der Waals surface area contributed by atoms with E-state index in [0.717, 1.165) is 49.2 Å². The number of hydrogen-bond acceptors (Lipinski definition) is 3. The van der Waals surface area contributed by atoms with Gasteiger partial charge in [-0.1, -0.05) is 19.1 Å². The van der Waals surface area contributed by atoms with Crippen LogP contribution in [0.2, 0.25) is 0 Å². The summed E-state index contributed by atoms with van der Waals surface area (Å²) in [6.07, 6.45) is 2.40. The molecule has 3 N–H and O–H groups in total. The zero-order chi connectivity index (χ0) is 13.9. The summed E-state index contributed by atoms with van der Waals surface area (Å²) in [6.45, 7) is 3.74. The van der Waals surface area contributed by atoms with E-state index >= 15 is 0 Å². The van der Waals surface area contributed by atoms with E-state index in [9.17, 15) is 4.79 Å². The van der Waals surface area contributed by atoms with Gasteiger partial charge >= 0.3 is 0 Å². The summed E-state index contributed by atoms with van der Waals surface area (Å²) in [6, 6.07) is 6.00. The van der Waals surface area contributed by atoms with Crippen molar-refractivity contribution < 1.29 is 9.53 Å². The third-order valence-electron chi connectivity index (χ3n) is 4.14. The monoisotopic (exact) mass is 262 g/mol. The molecule has 1 saturated heterocycles. The van der Waals surface area contributed by atoms with Crippen molar-refractivity contribution in [2.75, 3.05) is 20.2 Å². The summed E-state index contributed by atoms with van der Waals surface area (Å²) in [4.78, 5) is 12.0. The number of nitrogens with one attached hydrogen (secondary N) is 1. The first-order chi connectivity index (χ1) is 9.14. The molecule has 1 heterocycles. The second kappa shape index (κ2) is 5.61. The molecule has 0 unspecified atom stereocenters. The summed E-state index contributed by atoms with van der Waals surface area (Å²) < 4.78 is 5.34. The molecule has 4 heteroatoms. The lowest BCUT2D eigenvalue weighted by Crippen LogP contribution is -2.48. The molecule has 4 nitrogen and oxygen atoms in total. The van der Waals surface area contributed by atoms with E-state index in [1.165, 1.54) is 0 Å². The second-order valence-electron chi connectivity index (χ2n) is 5.08. The summed E-state index contributed by atoms with van der Waals surface area (Å²) in [5.41, 5.74) is 7.32. The number of ether oxygens (including phenoxy) is 1. The molecule has 19 heavy (non-hydrogen) atoms. The number of amides is 1. The van der Waals surface area contributed by atoms with Gasteiger partial charge in [0, 0.05) is 0 Å². The Labute approximate surface area is 114 Å². The standard InChI is InChI=1S/C15H22N2O2/c1-3-11-10-12(4-5-13(11)19-2)15(14(16)18)6-8-17-9-7-15/h4-5,10,17H,3,6-9H2,1-2H3,(H2,16,18). The number of methoxy groups -OCH3 is 1. The van der Waals surface area contributed by atoms with Crippen LogP contribution in [-0.2, 0) is 16.6 Å². The van der Waals surface area contributed by atoms with Gasteiger partial charge in [0.15, 0.2) is 0 Å². The maximum Gasteiger partial charge on any atom is 0.228 e. The first kappa shape index (κ1) is 13.9. The lowest BCUT2D eigenvalue weighted by molar-refractivity contribution is -0.124. The van der Waals surface area contributed by atoms with Crippen LogP contribution in [-0.4, -0.2) is 26.1 Å². The molecule has 0 bridgehead atoms. The minimum absolute atomic E-state index is 0.221. The molecule has 1 aliphatic heterocycles. The van der Waals surface area contributed by atoms with Gasteiger partial charge in [0.2, 0.25) is 5.91 Å². The van der Waals surface area contributed by atoms with Gasteiger partial charge in [-0.3, -0.25) is 4.79 Å². The number of hydrogen-bond donors (Lipinski definition) is 2. The van der Waals surface area contributed by atoms with E-state index in [0.29, 0.717) is 0 Å². The van der Waals surface area contributed by atoms with E-state index in [-0.39, 0.29) is 5.91 Å². The molecule has 0 radical (unpaired) electrons. The van der Waals surface area contributed by atoms with E-state index in [1.807, 2.05) is 12.1 Å². The van der Waals surface area contributed by atoms with Gasteiger partial charge in [0.1, 0.15) is 5.75 Å². The number of carbonyl (C=O) groups is 1. The molecule has 104 valence electrons. The minimum Gasteiger partial charge on any atom is -0.496 e. The molecule has 0 atom stereocenters. The predicted molar refractivity (Wildman–Crippen MR) is 75.3 cm³/mol. The third-order valence-corrected chi connectivity index (χ3v) is 4.14. The zero-order valence-corrected chi connectivity index (χ0v) is 11.7. The van der Waals surface area contributed by atoms with Crippen LogP contribution in [0.3, 0.4) is 0 Å². The largest absolute Gasteiger partial charge is 0.496 e. The van der Waals surface area contributed by atoms with Crippen LogP contribution in [0.5, 0.6) is 5.75 Å². The third kappa shape index (κ3) is 2.45. The van der Waals surface area contributed by atoms with Crippen molar-refractivity contribution in [3.05, 3.63) is 29.3 Å². The SMILES string of the molecule is CCc1cc(C2(C(N)=O)CCNCC2)ccc1OC. The molecule has 2 rings (SSSR count). The van der Waals surface area contributed by atoms with Crippen molar-refractivity contribution >= 4 is 5.91 Å². The fraction of sp³-hybridized carbons (Fsp3) is 0.533. The van der Waals surface area contributed by atoms with Crippen LogP contribution in [0.4, 0.5) is 0 Å². The van der Waals surface area contributed by atoms with Crippen molar-refractivity contribution in [3.8, 4) is 5.75 Å². The van der Waals surface area contributed by atoms with Gasteiger partial charge in [-0.2, -0.15) is 0 Å². The normalized spacial score (nSPS) is 18.0. The fourth-order valence-corrected chi connectivity index (χ4v) is 2.88. The fourth-order valence-electron chi connectivity index (χ4n) is 2.88. The molecule has 1 amide bonds. The molecule has 1 fully saturated rings. The Morgan fingerprint density at radius 2 is 2.11 bits per heavy atom. The van der Waals surface area contributed by atoms with Crippen molar-refractivity contribution in [3.63, 3.8) is 0 Å². The molecule has 0 aliphatic carbocycles. The average Bonchev–Trinajstić information content (AvgIpc) is 2.47. The van der Waals surface area contributed by atoms with Crippen LogP contribution < -0.4 is 15.8 Å². The Kier molecular flexibility index (Phi) is 4.10. The van der Waals surface area contributed by atoms with Gasteiger partial charge < -0.3 is 15.8 Å². The van der Waals surface area contributed by atoms with E-state index in [1.54, 1.807) is 7.11 Å². The van der Waals surface area contributed by atoms with Crippen molar-refractivity contribution in [1.29, 1.82) is 0 Å². The number of piperidine rings is 1. The molecular formula is C15H22N2O2. The highest BCUT2D eigenvalue weighted by molar-refractivity contribution is 5.87. The second-order valence-corrected chi connectivity index (χ2v) is 5.08. The van der Waals surface area contributed by atoms with E-state index in [2.05, 4.69) is 18.3 Å². The molecule has 0 saturated carbocycles. The Morgan fingerprint density at radius 1 is 1.42 bits per heavy atom. The van der Waals surface area contributed by atoms with E-state index in [4.69, 9.17) is 10.5 Å². The number of rotatable bonds is 4. The highest BCUT2D eigenvalue weighted by Gasteiger charge is 2.39. The predicted octanol–water partition coefficient (Wildman–Crippen LogP) is 1.36. The number of primary amides is 1. The smallest absolute Gasteiger partial charge is 0.228 e. The minimum atomic E-state index is -0.526. The summed E-state index contributed by atoms with van der Waals surface area (Å²) in [7, 11) is 1.67. The zero-order valence-electron chi connectivity index (χ0n) is 11.7. The van der Waals surface area contributed by atoms with Gasteiger partial charge in [0.05, 0.1) is 12.5 Å². The van der Waals surface area contributed by atoms with Crippen LogP contribution >= 0.6 is 0 Å². The van der Waals surface area contributed by atoms with Crippen molar-refractivity contribution in [1.82, 2.24) is 5.32 Å². The Morgan fingerprint density at radius 3 is 2.63 bits per heavy atom. The Bertz CT molecular complexity index is 465. The number of benzene rings is 1. The highest BCUT2D eigenvalue weighted by atomic mass is 16.5. The lowest BCUT2D eigenvalue weighted by Gasteiger charge is -2.35.